The number of para-hydroxylation sites is 1. The Balaban J connectivity index is 2.60. The highest BCUT2D eigenvalue weighted by molar-refractivity contribution is 5.35. The second-order valence-corrected chi connectivity index (χ2v) is 6.48. The van der Waals surface area contributed by atoms with Gasteiger partial charge in [-0.2, -0.15) is 0 Å². The summed E-state index contributed by atoms with van der Waals surface area (Å²) in [5.74, 6) is 1.60. The van der Waals surface area contributed by atoms with Crippen LogP contribution < -0.4 is 10.1 Å². The van der Waals surface area contributed by atoms with Crippen LogP contribution in [0.25, 0.3) is 0 Å². The molecule has 1 atom stereocenters. The van der Waals surface area contributed by atoms with Gasteiger partial charge in [0, 0.05) is 12.0 Å². The van der Waals surface area contributed by atoms with Gasteiger partial charge in [-0.3, -0.25) is 0 Å². The molecule has 0 aliphatic carbocycles. The molecule has 2 nitrogen and oxygen atoms in total. The van der Waals surface area contributed by atoms with E-state index >= 15 is 0 Å². The van der Waals surface area contributed by atoms with Gasteiger partial charge in [0.15, 0.2) is 0 Å². The minimum Gasteiger partial charge on any atom is -0.493 e. The number of hydrogen-bond acceptors (Lipinski definition) is 2. The number of ether oxygens (including phenoxy) is 1. The highest BCUT2D eigenvalue weighted by Crippen LogP contribution is 2.29. The predicted molar refractivity (Wildman–Crippen MR) is 87.6 cm³/mol. The van der Waals surface area contributed by atoms with Crippen LogP contribution in [-0.4, -0.2) is 19.7 Å². The zero-order chi connectivity index (χ0) is 15.0. The first kappa shape index (κ1) is 17.0. The summed E-state index contributed by atoms with van der Waals surface area (Å²) in [7, 11) is 0. The molecule has 1 aromatic carbocycles. The maximum absolute atomic E-state index is 6.12. The minimum absolute atomic E-state index is 0.151. The summed E-state index contributed by atoms with van der Waals surface area (Å²) in [5.41, 5.74) is 1.48. The van der Waals surface area contributed by atoms with Crippen molar-refractivity contribution in [3.05, 3.63) is 29.8 Å². The molecule has 0 fully saturated rings. The molecule has 0 aromatic heterocycles. The Morgan fingerprint density at radius 3 is 2.55 bits per heavy atom. The van der Waals surface area contributed by atoms with Crippen molar-refractivity contribution in [1.82, 2.24) is 5.32 Å². The summed E-state index contributed by atoms with van der Waals surface area (Å²) in [5, 5.41) is 3.48. The second-order valence-electron chi connectivity index (χ2n) is 6.48. The van der Waals surface area contributed by atoms with E-state index in [0.717, 1.165) is 31.9 Å². The molecule has 0 saturated heterocycles. The van der Waals surface area contributed by atoms with Crippen molar-refractivity contribution < 1.29 is 4.74 Å². The van der Waals surface area contributed by atoms with E-state index in [1.54, 1.807) is 0 Å². The molecular weight excluding hydrogens is 246 g/mol. The molecule has 0 spiro atoms. The molecule has 2 heteroatoms. The third kappa shape index (κ3) is 5.54. The van der Waals surface area contributed by atoms with Crippen LogP contribution in [0, 0.1) is 5.41 Å². The smallest absolute Gasteiger partial charge is 0.122 e. The molecule has 0 radical (unpaired) electrons. The van der Waals surface area contributed by atoms with E-state index in [1.165, 1.54) is 12.0 Å². The molecule has 0 heterocycles. The third-order valence-corrected chi connectivity index (χ3v) is 3.71. The van der Waals surface area contributed by atoms with Gasteiger partial charge in [0.1, 0.15) is 5.75 Å². The maximum Gasteiger partial charge on any atom is 0.122 e. The minimum atomic E-state index is 0.151. The Hall–Kier alpha value is -1.02. The van der Waals surface area contributed by atoms with Crippen LogP contribution in [0.3, 0.4) is 0 Å². The SMILES string of the molecule is CCCNCC(C)(C)COc1ccccc1C(C)CC. The van der Waals surface area contributed by atoms with Crippen molar-refractivity contribution in [2.45, 2.75) is 53.4 Å². The van der Waals surface area contributed by atoms with Crippen LogP contribution in [0.4, 0.5) is 0 Å². The number of hydrogen-bond donors (Lipinski definition) is 1. The summed E-state index contributed by atoms with van der Waals surface area (Å²) < 4.78 is 6.12. The van der Waals surface area contributed by atoms with E-state index < -0.39 is 0 Å². The molecule has 1 aromatic rings. The Bertz CT molecular complexity index is 387. The molecule has 0 saturated carbocycles. The third-order valence-electron chi connectivity index (χ3n) is 3.71. The lowest BCUT2D eigenvalue weighted by atomic mass is 9.94. The van der Waals surface area contributed by atoms with Gasteiger partial charge in [-0.1, -0.05) is 52.8 Å². The molecule has 0 aliphatic heterocycles. The molecule has 1 unspecified atom stereocenters. The standard InChI is InChI=1S/C18H31NO/c1-6-12-19-13-18(4,5)14-20-17-11-9-8-10-16(17)15(3)7-2/h8-11,15,19H,6-7,12-14H2,1-5H3. The normalized spacial score (nSPS) is 13.2. The van der Waals surface area contributed by atoms with E-state index in [4.69, 9.17) is 4.74 Å². The molecule has 114 valence electrons. The fourth-order valence-electron chi connectivity index (χ4n) is 2.17. The Labute approximate surface area is 124 Å². The van der Waals surface area contributed by atoms with Crippen LogP contribution >= 0.6 is 0 Å². The number of benzene rings is 1. The molecule has 0 amide bonds. The van der Waals surface area contributed by atoms with Gasteiger partial charge in [0.2, 0.25) is 0 Å². The largest absolute Gasteiger partial charge is 0.493 e. The van der Waals surface area contributed by atoms with Crippen LogP contribution in [0.15, 0.2) is 24.3 Å². The zero-order valence-corrected chi connectivity index (χ0v) is 13.8. The fraction of sp³-hybridized carbons (Fsp3) is 0.667. The molecule has 20 heavy (non-hydrogen) atoms. The van der Waals surface area contributed by atoms with Crippen LogP contribution in [0.1, 0.15) is 58.9 Å². The lowest BCUT2D eigenvalue weighted by Gasteiger charge is -2.26. The van der Waals surface area contributed by atoms with Gasteiger partial charge < -0.3 is 10.1 Å². The average Bonchev–Trinajstić information content (AvgIpc) is 2.45. The lowest BCUT2D eigenvalue weighted by molar-refractivity contribution is 0.175. The summed E-state index contributed by atoms with van der Waals surface area (Å²) in [4.78, 5) is 0. The molecule has 1 rings (SSSR count). The molecular formula is C18H31NO. The van der Waals surface area contributed by atoms with Crippen molar-refractivity contribution >= 4 is 0 Å². The topological polar surface area (TPSA) is 21.3 Å². The predicted octanol–water partition coefficient (Wildman–Crippen LogP) is 4.60. The van der Waals surface area contributed by atoms with Crippen molar-refractivity contribution in [2.75, 3.05) is 19.7 Å². The quantitative estimate of drug-likeness (QED) is 0.666. The van der Waals surface area contributed by atoms with Crippen LogP contribution in [0.5, 0.6) is 5.75 Å². The van der Waals surface area contributed by atoms with Crippen molar-refractivity contribution in [3.8, 4) is 5.75 Å². The van der Waals surface area contributed by atoms with E-state index in [1.807, 2.05) is 0 Å². The summed E-state index contributed by atoms with van der Waals surface area (Å²) >= 11 is 0. The molecule has 1 N–H and O–H groups in total. The second kappa shape index (κ2) is 8.31. The number of rotatable bonds is 9. The lowest BCUT2D eigenvalue weighted by Crippen LogP contribution is -2.34. The number of nitrogens with one attached hydrogen (secondary N) is 1. The first-order chi connectivity index (χ1) is 9.50. The summed E-state index contributed by atoms with van der Waals surface area (Å²) in [6.45, 7) is 14.0. The summed E-state index contributed by atoms with van der Waals surface area (Å²) in [6.07, 6.45) is 2.32. The van der Waals surface area contributed by atoms with E-state index in [-0.39, 0.29) is 5.41 Å². The Morgan fingerprint density at radius 1 is 1.20 bits per heavy atom. The summed E-state index contributed by atoms with van der Waals surface area (Å²) in [6, 6.07) is 8.44. The molecule has 0 aliphatic rings. The van der Waals surface area contributed by atoms with Gasteiger partial charge in [-0.25, -0.2) is 0 Å². The van der Waals surface area contributed by atoms with Crippen molar-refractivity contribution in [1.29, 1.82) is 0 Å². The maximum atomic E-state index is 6.12. The molecule has 0 bridgehead atoms. The van der Waals surface area contributed by atoms with Crippen LogP contribution in [-0.2, 0) is 0 Å². The zero-order valence-electron chi connectivity index (χ0n) is 13.8. The van der Waals surface area contributed by atoms with E-state index in [0.29, 0.717) is 5.92 Å². The fourth-order valence-corrected chi connectivity index (χ4v) is 2.17. The van der Waals surface area contributed by atoms with Gasteiger partial charge in [0.05, 0.1) is 6.61 Å². The van der Waals surface area contributed by atoms with Gasteiger partial charge in [-0.15, -0.1) is 0 Å². The highest BCUT2D eigenvalue weighted by atomic mass is 16.5. The van der Waals surface area contributed by atoms with Crippen LogP contribution in [0.2, 0.25) is 0 Å². The average molecular weight is 277 g/mol. The highest BCUT2D eigenvalue weighted by Gasteiger charge is 2.19. The van der Waals surface area contributed by atoms with E-state index in [9.17, 15) is 0 Å². The van der Waals surface area contributed by atoms with Gasteiger partial charge >= 0.3 is 0 Å². The Morgan fingerprint density at radius 2 is 1.90 bits per heavy atom. The first-order valence-electron chi connectivity index (χ1n) is 7.92. The van der Waals surface area contributed by atoms with Gasteiger partial charge in [0.25, 0.3) is 0 Å². The van der Waals surface area contributed by atoms with E-state index in [2.05, 4.69) is 64.2 Å². The van der Waals surface area contributed by atoms with Crippen molar-refractivity contribution in [2.24, 2.45) is 5.41 Å². The van der Waals surface area contributed by atoms with Crippen molar-refractivity contribution in [3.63, 3.8) is 0 Å². The first-order valence-corrected chi connectivity index (χ1v) is 7.92. The van der Waals surface area contributed by atoms with Gasteiger partial charge in [-0.05, 0) is 36.9 Å². The Kier molecular flexibility index (Phi) is 7.08. The monoisotopic (exact) mass is 277 g/mol.